The van der Waals surface area contributed by atoms with Crippen LogP contribution in [0.3, 0.4) is 0 Å². The number of halogens is 1. The average Bonchev–Trinajstić information content (AvgIpc) is 2.38. The predicted molar refractivity (Wildman–Crippen MR) is 70.0 cm³/mol. The number of hydrogen-bond donors (Lipinski definition) is 0. The highest BCUT2D eigenvalue weighted by molar-refractivity contribution is 9.10. The van der Waals surface area contributed by atoms with Gasteiger partial charge in [-0.05, 0) is 24.3 Å². The number of carbonyl (C=O) groups excluding carboxylic acids is 1. The minimum absolute atomic E-state index is 0.0315. The summed E-state index contributed by atoms with van der Waals surface area (Å²) < 4.78 is 6.22. The fourth-order valence-electron chi connectivity index (χ4n) is 1.61. The van der Waals surface area contributed by atoms with Gasteiger partial charge in [-0.1, -0.05) is 15.9 Å². The molecule has 2 rings (SSSR count). The van der Waals surface area contributed by atoms with E-state index in [4.69, 9.17) is 4.74 Å². The number of carbonyl (C=O) groups is 1. The summed E-state index contributed by atoms with van der Waals surface area (Å²) in [5, 5.41) is 0. The number of ether oxygens (including phenoxy) is 1. The average molecular weight is 296 g/mol. The van der Waals surface area contributed by atoms with Crippen LogP contribution in [0.15, 0.2) is 41.0 Å². The second-order valence-electron chi connectivity index (χ2n) is 3.84. The minimum atomic E-state index is 0.0315. The number of morpholine rings is 1. The van der Waals surface area contributed by atoms with Crippen LogP contribution in [-0.2, 0) is 4.74 Å². The van der Waals surface area contributed by atoms with E-state index in [1.54, 1.807) is 6.08 Å². The Balaban J connectivity index is 1.96. The number of hydrogen-bond acceptors (Lipinski definition) is 3. The first-order valence-corrected chi connectivity index (χ1v) is 6.35. The SMILES string of the molecule is O=C(/C=C\N1CCOCC1)c1ccc(Br)cc1. The molecule has 4 heteroatoms. The summed E-state index contributed by atoms with van der Waals surface area (Å²) in [7, 11) is 0. The monoisotopic (exact) mass is 295 g/mol. The Kier molecular flexibility index (Phi) is 4.34. The molecule has 17 heavy (non-hydrogen) atoms. The van der Waals surface area contributed by atoms with Crippen molar-refractivity contribution in [3.63, 3.8) is 0 Å². The van der Waals surface area contributed by atoms with Gasteiger partial charge in [-0.3, -0.25) is 4.79 Å². The molecule has 0 radical (unpaired) electrons. The van der Waals surface area contributed by atoms with Crippen molar-refractivity contribution in [1.82, 2.24) is 4.90 Å². The molecule has 0 spiro atoms. The van der Waals surface area contributed by atoms with Gasteiger partial charge in [-0.25, -0.2) is 0 Å². The molecule has 0 amide bonds. The number of rotatable bonds is 3. The fraction of sp³-hybridized carbons (Fsp3) is 0.308. The second kappa shape index (κ2) is 5.98. The second-order valence-corrected chi connectivity index (χ2v) is 4.75. The number of ketones is 1. The minimum Gasteiger partial charge on any atom is -0.378 e. The third kappa shape index (κ3) is 3.68. The zero-order valence-electron chi connectivity index (χ0n) is 9.43. The van der Waals surface area contributed by atoms with E-state index in [1.807, 2.05) is 30.5 Å². The highest BCUT2D eigenvalue weighted by Crippen LogP contribution is 2.11. The zero-order valence-corrected chi connectivity index (χ0v) is 11.0. The summed E-state index contributed by atoms with van der Waals surface area (Å²) in [5.74, 6) is 0.0315. The topological polar surface area (TPSA) is 29.5 Å². The Morgan fingerprint density at radius 2 is 1.88 bits per heavy atom. The first-order valence-electron chi connectivity index (χ1n) is 5.55. The van der Waals surface area contributed by atoms with E-state index >= 15 is 0 Å². The van der Waals surface area contributed by atoms with Crippen LogP contribution in [0.5, 0.6) is 0 Å². The summed E-state index contributed by atoms with van der Waals surface area (Å²) >= 11 is 3.34. The van der Waals surface area contributed by atoms with Crippen LogP contribution in [0, 0.1) is 0 Å². The molecule has 3 nitrogen and oxygen atoms in total. The first kappa shape index (κ1) is 12.3. The summed E-state index contributed by atoms with van der Waals surface area (Å²) in [5.41, 5.74) is 0.706. The van der Waals surface area contributed by atoms with Gasteiger partial charge in [0.1, 0.15) is 0 Å². The molecular formula is C13H14BrNO2. The van der Waals surface area contributed by atoms with Gasteiger partial charge in [-0.15, -0.1) is 0 Å². The van der Waals surface area contributed by atoms with Gasteiger partial charge in [0.15, 0.2) is 5.78 Å². The number of benzene rings is 1. The third-order valence-corrected chi connectivity index (χ3v) is 3.14. The van der Waals surface area contributed by atoms with Crippen LogP contribution in [0.1, 0.15) is 10.4 Å². The Hall–Kier alpha value is -1.13. The van der Waals surface area contributed by atoms with Gasteiger partial charge in [0.05, 0.1) is 13.2 Å². The van der Waals surface area contributed by atoms with Crippen LogP contribution in [0.2, 0.25) is 0 Å². The Morgan fingerprint density at radius 1 is 1.24 bits per heavy atom. The van der Waals surface area contributed by atoms with Gasteiger partial charge in [0.2, 0.25) is 0 Å². The van der Waals surface area contributed by atoms with Crippen molar-refractivity contribution in [3.8, 4) is 0 Å². The van der Waals surface area contributed by atoms with E-state index in [9.17, 15) is 4.79 Å². The molecule has 0 aromatic heterocycles. The van der Waals surface area contributed by atoms with Crippen molar-refractivity contribution in [2.45, 2.75) is 0 Å². The van der Waals surface area contributed by atoms with Crippen LogP contribution in [0.25, 0.3) is 0 Å². The van der Waals surface area contributed by atoms with Gasteiger partial charge in [0, 0.05) is 35.4 Å². The molecule has 1 saturated heterocycles. The van der Waals surface area contributed by atoms with Gasteiger partial charge < -0.3 is 9.64 Å². The highest BCUT2D eigenvalue weighted by atomic mass is 79.9. The quantitative estimate of drug-likeness (QED) is 0.634. The maximum atomic E-state index is 11.8. The molecule has 0 bridgehead atoms. The van der Waals surface area contributed by atoms with E-state index < -0.39 is 0 Å². The lowest BCUT2D eigenvalue weighted by Gasteiger charge is -2.24. The molecule has 0 atom stereocenters. The Morgan fingerprint density at radius 3 is 2.53 bits per heavy atom. The Bertz CT molecular complexity index is 408. The molecular weight excluding hydrogens is 282 g/mol. The molecule has 1 aromatic rings. The summed E-state index contributed by atoms with van der Waals surface area (Å²) in [4.78, 5) is 13.9. The standard InChI is InChI=1S/C13H14BrNO2/c14-12-3-1-11(2-4-12)13(16)5-6-15-7-9-17-10-8-15/h1-6H,7-10H2/b6-5-. The predicted octanol–water partition coefficient (Wildman–Crippen LogP) is 2.48. The summed E-state index contributed by atoms with van der Waals surface area (Å²) in [6.07, 6.45) is 3.47. The summed E-state index contributed by atoms with van der Waals surface area (Å²) in [6, 6.07) is 7.37. The third-order valence-electron chi connectivity index (χ3n) is 2.61. The smallest absolute Gasteiger partial charge is 0.187 e. The van der Waals surface area contributed by atoms with E-state index in [0.29, 0.717) is 5.56 Å². The fourth-order valence-corrected chi connectivity index (χ4v) is 1.87. The van der Waals surface area contributed by atoms with Crippen molar-refractivity contribution >= 4 is 21.7 Å². The molecule has 0 unspecified atom stereocenters. The molecule has 0 N–H and O–H groups in total. The molecule has 0 saturated carbocycles. The van der Waals surface area contributed by atoms with Gasteiger partial charge in [0.25, 0.3) is 0 Å². The van der Waals surface area contributed by atoms with Crippen molar-refractivity contribution in [3.05, 3.63) is 46.6 Å². The van der Waals surface area contributed by atoms with Crippen molar-refractivity contribution in [2.75, 3.05) is 26.3 Å². The van der Waals surface area contributed by atoms with Crippen molar-refractivity contribution in [2.24, 2.45) is 0 Å². The van der Waals surface area contributed by atoms with Crippen molar-refractivity contribution in [1.29, 1.82) is 0 Å². The molecule has 0 aliphatic carbocycles. The lowest BCUT2D eigenvalue weighted by molar-refractivity contribution is 0.0591. The Labute approximate surface area is 109 Å². The molecule has 1 fully saturated rings. The molecule has 1 aliphatic heterocycles. The van der Waals surface area contributed by atoms with Crippen LogP contribution < -0.4 is 0 Å². The number of nitrogens with zero attached hydrogens (tertiary/aromatic N) is 1. The van der Waals surface area contributed by atoms with E-state index in [1.165, 1.54) is 0 Å². The largest absolute Gasteiger partial charge is 0.378 e. The van der Waals surface area contributed by atoms with E-state index in [-0.39, 0.29) is 5.78 Å². The summed E-state index contributed by atoms with van der Waals surface area (Å²) in [6.45, 7) is 3.17. The maximum Gasteiger partial charge on any atom is 0.187 e. The van der Waals surface area contributed by atoms with E-state index in [2.05, 4.69) is 20.8 Å². The zero-order chi connectivity index (χ0) is 12.1. The highest BCUT2D eigenvalue weighted by Gasteiger charge is 2.06. The normalized spacial score (nSPS) is 16.4. The molecule has 90 valence electrons. The molecule has 1 aliphatic rings. The van der Waals surface area contributed by atoms with Gasteiger partial charge in [-0.2, -0.15) is 0 Å². The molecule has 1 heterocycles. The molecule has 1 aromatic carbocycles. The van der Waals surface area contributed by atoms with Crippen LogP contribution >= 0.6 is 15.9 Å². The van der Waals surface area contributed by atoms with Crippen LogP contribution in [-0.4, -0.2) is 37.0 Å². The van der Waals surface area contributed by atoms with Crippen LogP contribution in [0.4, 0.5) is 0 Å². The lowest BCUT2D eigenvalue weighted by atomic mass is 10.1. The lowest BCUT2D eigenvalue weighted by Crippen LogP contribution is -2.32. The van der Waals surface area contributed by atoms with E-state index in [0.717, 1.165) is 30.8 Å². The van der Waals surface area contributed by atoms with Gasteiger partial charge >= 0.3 is 0 Å². The number of allylic oxidation sites excluding steroid dienone is 1. The first-order chi connectivity index (χ1) is 8.25. The maximum absolute atomic E-state index is 11.8. The van der Waals surface area contributed by atoms with Crippen molar-refractivity contribution < 1.29 is 9.53 Å².